The monoisotopic (exact) mass is 384 g/mol. The van der Waals surface area contributed by atoms with Gasteiger partial charge in [-0.25, -0.2) is 4.79 Å². The minimum atomic E-state index is -0.318. The normalized spacial score (nSPS) is 16.2. The predicted molar refractivity (Wildman–Crippen MR) is 107 cm³/mol. The van der Waals surface area contributed by atoms with Gasteiger partial charge < -0.3 is 9.15 Å². The highest BCUT2D eigenvalue weighted by Gasteiger charge is 2.27. The number of hydrogen-bond acceptors (Lipinski definition) is 3. The van der Waals surface area contributed by atoms with E-state index in [0.29, 0.717) is 29.6 Å². The third kappa shape index (κ3) is 3.60. The van der Waals surface area contributed by atoms with Crippen molar-refractivity contribution in [2.24, 2.45) is 0 Å². The molecule has 0 fully saturated rings. The van der Waals surface area contributed by atoms with Gasteiger partial charge in [0.1, 0.15) is 13.1 Å². The Morgan fingerprint density at radius 3 is 2.70 bits per heavy atom. The molecule has 1 N–H and O–H groups in total. The van der Waals surface area contributed by atoms with Gasteiger partial charge >= 0.3 is 5.63 Å². The SMILES string of the molecule is CCCc1cc(=O)oc2c3c(c(Cl)cc12)OC[NH+](Cc1ccc(C)cc1)C3. The molecule has 140 valence electrons. The molecular formula is C22H23ClNO3+. The van der Waals surface area contributed by atoms with Crippen molar-refractivity contribution in [1.82, 2.24) is 0 Å². The van der Waals surface area contributed by atoms with Crippen LogP contribution >= 0.6 is 11.6 Å². The largest absolute Gasteiger partial charge is 0.443 e. The van der Waals surface area contributed by atoms with E-state index in [0.717, 1.165) is 35.9 Å². The van der Waals surface area contributed by atoms with Gasteiger partial charge in [-0.3, -0.25) is 4.90 Å². The molecule has 0 spiro atoms. The lowest BCUT2D eigenvalue weighted by Gasteiger charge is -2.27. The van der Waals surface area contributed by atoms with Crippen LogP contribution in [0.25, 0.3) is 11.0 Å². The Morgan fingerprint density at radius 2 is 1.96 bits per heavy atom. The summed E-state index contributed by atoms with van der Waals surface area (Å²) in [5.41, 5.74) is 4.67. The summed E-state index contributed by atoms with van der Waals surface area (Å²) in [6.07, 6.45) is 1.77. The number of halogens is 1. The Hall–Kier alpha value is -2.30. The summed E-state index contributed by atoms with van der Waals surface area (Å²) in [5, 5.41) is 1.50. The molecule has 0 saturated heterocycles. The Labute approximate surface area is 163 Å². The van der Waals surface area contributed by atoms with E-state index in [9.17, 15) is 4.79 Å². The summed E-state index contributed by atoms with van der Waals surface area (Å²) in [6.45, 7) is 6.26. The van der Waals surface area contributed by atoms with E-state index >= 15 is 0 Å². The predicted octanol–water partition coefficient (Wildman–Crippen LogP) is 3.64. The molecule has 0 aliphatic carbocycles. The van der Waals surface area contributed by atoms with Crippen LogP contribution in [0.5, 0.6) is 5.75 Å². The summed E-state index contributed by atoms with van der Waals surface area (Å²) in [6, 6.07) is 12.0. The molecule has 1 aromatic heterocycles. The quantitative estimate of drug-likeness (QED) is 0.698. The van der Waals surface area contributed by atoms with E-state index < -0.39 is 0 Å². The van der Waals surface area contributed by atoms with E-state index in [1.54, 1.807) is 6.07 Å². The molecule has 2 aromatic carbocycles. The van der Waals surface area contributed by atoms with Crippen molar-refractivity contribution >= 4 is 22.6 Å². The molecule has 0 saturated carbocycles. The first-order chi connectivity index (χ1) is 13.0. The van der Waals surface area contributed by atoms with Crippen LogP contribution in [0.15, 0.2) is 45.6 Å². The third-order valence-electron chi connectivity index (χ3n) is 5.06. The van der Waals surface area contributed by atoms with Crippen molar-refractivity contribution in [3.63, 3.8) is 0 Å². The van der Waals surface area contributed by atoms with Crippen LogP contribution in [0, 0.1) is 6.92 Å². The first kappa shape index (κ1) is 18.1. The van der Waals surface area contributed by atoms with Crippen LogP contribution in [0.1, 0.15) is 35.6 Å². The van der Waals surface area contributed by atoms with Crippen LogP contribution in [0.3, 0.4) is 0 Å². The number of aryl methyl sites for hydroxylation is 2. The zero-order valence-electron chi connectivity index (χ0n) is 15.6. The number of fused-ring (bicyclic) bond motifs is 3. The first-order valence-electron chi connectivity index (χ1n) is 9.35. The molecule has 0 bridgehead atoms. The van der Waals surface area contributed by atoms with Crippen molar-refractivity contribution < 1.29 is 14.1 Å². The number of rotatable bonds is 4. The van der Waals surface area contributed by atoms with Crippen LogP contribution in [0.4, 0.5) is 0 Å². The highest BCUT2D eigenvalue weighted by Crippen LogP contribution is 2.37. The van der Waals surface area contributed by atoms with E-state index in [1.807, 2.05) is 6.07 Å². The van der Waals surface area contributed by atoms with Gasteiger partial charge in [0, 0.05) is 17.0 Å². The van der Waals surface area contributed by atoms with Crippen molar-refractivity contribution in [3.8, 4) is 5.75 Å². The molecule has 27 heavy (non-hydrogen) atoms. The molecule has 5 heteroatoms. The van der Waals surface area contributed by atoms with Crippen LogP contribution in [0.2, 0.25) is 5.02 Å². The molecule has 1 unspecified atom stereocenters. The molecule has 2 heterocycles. The highest BCUT2D eigenvalue weighted by atomic mass is 35.5. The van der Waals surface area contributed by atoms with Gasteiger partial charge in [0.15, 0.2) is 11.3 Å². The lowest BCUT2D eigenvalue weighted by Crippen LogP contribution is -3.10. The fourth-order valence-electron chi connectivity index (χ4n) is 3.75. The van der Waals surface area contributed by atoms with E-state index in [1.165, 1.54) is 16.0 Å². The average molecular weight is 385 g/mol. The zero-order valence-corrected chi connectivity index (χ0v) is 16.4. The first-order valence-corrected chi connectivity index (χ1v) is 9.73. The Bertz CT molecular complexity index is 1040. The molecule has 1 aliphatic rings. The summed E-state index contributed by atoms with van der Waals surface area (Å²) in [7, 11) is 0. The number of nitrogens with one attached hydrogen (secondary N) is 1. The Kier molecular flexibility index (Phi) is 4.94. The van der Waals surface area contributed by atoms with Gasteiger partial charge in [-0.15, -0.1) is 0 Å². The van der Waals surface area contributed by atoms with E-state index in [-0.39, 0.29) is 5.63 Å². The molecule has 1 aliphatic heterocycles. The van der Waals surface area contributed by atoms with E-state index in [4.69, 9.17) is 20.8 Å². The van der Waals surface area contributed by atoms with Gasteiger partial charge in [-0.2, -0.15) is 0 Å². The number of ether oxygens (including phenoxy) is 1. The summed E-state index contributed by atoms with van der Waals surface area (Å²) < 4.78 is 11.6. The smallest absolute Gasteiger partial charge is 0.336 e. The van der Waals surface area contributed by atoms with Crippen LogP contribution in [-0.4, -0.2) is 6.73 Å². The lowest BCUT2D eigenvalue weighted by atomic mass is 10.0. The maximum Gasteiger partial charge on any atom is 0.336 e. The van der Waals surface area contributed by atoms with Crippen molar-refractivity contribution in [2.45, 2.75) is 39.8 Å². The molecule has 1 atom stereocenters. The van der Waals surface area contributed by atoms with Gasteiger partial charge in [-0.05, 0) is 25.0 Å². The maximum absolute atomic E-state index is 12.1. The second kappa shape index (κ2) is 7.37. The van der Waals surface area contributed by atoms with Crippen LogP contribution < -0.4 is 15.3 Å². The molecule has 0 radical (unpaired) electrons. The topological polar surface area (TPSA) is 43.9 Å². The second-order valence-corrected chi connectivity index (χ2v) is 7.67. The van der Waals surface area contributed by atoms with E-state index in [2.05, 4.69) is 38.1 Å². The number of benzene rings is 2. The molecule has 0 amide bonds. The summed E-state index contributed by atoms with van der Waals surface area (Å²) >= 11 is 6.50. The molecular weight excluding hydrogens is 362 g/mol. The van der Waals surface area contributed by atoms with Crippen LogP contribution in [-0.2, 0) is 19.5 Å². The van der Waals surface area contributed by atoms with Crippen molar-refractivity contribution in [1.29, 1.82) is 0 Å². The Balaban J connectivity index is 1.74. The highest BCUT2D eigenvalue weighted by molar-refractivity contribution is 6.33. The minimum absolute atomic E-state index is 0.318. The fourth-order valence-corrected chi connectivity index (χ4v) is 4.03. The number of quaternary nitrogens is 1. The minimum Gasteiger partial charge on any atom is -0.443 e. The lowest BCUT2D eigenvalue weighted by molar-refractivity contribution is -0.945. The summed E-state index contributed by atoms with van der Waals surface area (Å²) in [5.74, 6) is 0.647. The third-order valence-corrected chi connectivity index (χ3v) is 5.34. The van der Waals surface area contributed by atoms with Gasteiger partial charge in [-0.1, -0.05) is 54.8 Å². The van der Waals surface area contributed by atoms with Gasteiger partial charge in [0.25, 0.3) is 0 Å². The zero-order chi connectivity index (χ0) is 19.0. The number of hydrogen-bond donors (Lipinski definition) is 1. The fraction of sp³-hybridized carbons (Fsp3) is 0.318. The van der Waals surface area contributed by atoms with Crippen molar-refractivity contribution in [2.75, 3.05) is 6.73 Å². The Morgan fingerprint density at radius 1 is 1.19 bits per heavy atom. The van der Waals surface area contributed by atoms with Gasteiger partial charge in [0.05, 0.1) is 10.6 Å². The summed E-state index contributed by atoms with van der Waals surface area (Å²) in [4.78, 5) is 13.4. The molecule has 3 aromatic rings. The second-order valence-electron chi connectivity index (χ2n) is 7.26. The maximum atomic E-state index is 12.1. The van der Waals surface area contributed by atoms with Gasteiger partial charge in [0.2, 0.25) is 6.73 Å². The van der Waals surface area contributed by atoms with Crippen molar-refractivity contribution in [3.05, 3.63) is 74.1 Å². The molecule has 4 rings (SSSR count). The average Bonchev–Trinajstić information content (AvgIpc) is 2.65. The standard InChI is InChI=1S/C22H22ClNO3/c1-3-4-16-9-20(25)27-21-17(16)10-19(23)22-18(21)12-24(13-26-22)11-15-7-5-14(2)6-8-15/h5-10H,3-4,11-13H2,1-2H3/p+1. The molecule has 4 nitrogen and oxygen atoms in total.